The fourth-order valence-corrected chi connectivity index (χ4v) is 0. The van der Waals surface area contributed by atoms with Crippen LogP contribution in [0, 0.1) is 0 Å². The van der Waals surface area contributed by atoms with Gasteiger partial charge >= 0.3 is 42.4 Å². The van der Waals surface area contributed by atoms with Crippen molar-refractivity contribution in [3.05, 3.63) is 0 Å². The van der Waals surface area contributed by atoms with Crippen LogP contribution in [-0.2, 0) is 3.10 Å². The Morgan fingerprint density at radius 3 is 2.20 bits per heavy atom. The predicted octanol–water partition coefficient (Wildman–Crippen LogP) is -1.10. The van der Waals surface area contributed by atoms with E-state index in [1.54, 1.807) is 0 Å². The first kappa shape index (κ1) is 5.06. The van der Waals surface area contributed by atoms with E-state index in [-0.39, 0.29) is 0 Å². The number of hydrogen-bond acceptors (Lipinski definition) is 2. The van der Waals surface area contributed by atoms with Crippen molar-refractivity contribution in [1.29, 1.82) is 0 Å². The fraction of sp³-hybridized carbons (Fsp3) is 0. The molecule has 0 unspecified atom stereocenters. The molecule has 0 spiro atoms. The summed E-state index contributed by atoms with van der Waals surface area (Å²) in [7, 11) is 0. The molecule has 0 bridgehead atoms. The van der Waals surface area contributed by atoms with Gasteiger partial charge in [0, 0.05) is 0 Å². The monoisotopic (exact) mass is 191 g/mol. The molecule has 0 aromatic carbocycles. The quantitative estimate of drug-likeness (QED) is 0.491. The van der Waals surface area contributed by atoms with Crippen LogP contribution in [0.5, 0.6) is 0 Å². The van der Waals surface area contributed by atoms with Crippen molar-refractivity contribution >= 4 is 28.8 Å². The molecule has 0 saturated carbocycles. The standard InChI is InChI=1S/CH3NO2Te/c2-1(3)4-5/h5H,(H2,2,3). The van der Waals surface area contributed by atoms with Crippen LogP contribution in [0.25, 0.3) is 0 Å². The Labute approximate surface area is 42.9 Å². The Hall–Kier alpha value is 0.0596. The van der Waals surface area contributed by atoms with Crippen LogP contribution in [0.3, 0.4) is 0 Å². The van der Waals surface area contributed by atoms with E-state index in [0.717, 1.165) is 22.7 Å². The topological polar surface area (TPSA) is 52.3 Å². The van der Waals surface area contributed by atoms with E-state index in [1.807, 2.05) is 0 Å². The summed E-state index contributed by atoms with van der Waals surface area (Å²) in [5.41, 5.74) is 4.44. The number of hydrogen-bond donors (Lipinski definition) is 1. The molecule has 5 heavy (non-hydrogen) atoms. The van der Waals surface area contributed by atoms with Gasteiger partial charge in [-0.25, -0.2) is 0 Å². The van der Waals surface area contributed by atoms with Crippen LogP contribution in [-0.4, -0.2) is 28.8 Å². The maximum atomic E-state index is 9.38. The molecule has 4 heteroatoms. The van der Waals surface area contributed by atoms with Gasteiger partial charge in [0.2, 0.25) is 0 Å². The summed E-state index contributed by atoms with van der Waals surface area (Å²) in [4.78, 5) is 9.38. The van der Waals surface area contributed by atoms with Crippen LogP contribution >= 0.6 is 0 Å². The van der Waals surface area contributed by atoms with Gasteiger partial charge in [0.1, 0.15) is 0 Å². The zero-order chi connectivity index (χ0) is 4.28. The number of amides is 1. The Bertz CT molecular complexity index is 44.9. The zero-order valence-electron chi connectivity index (χ0n) is 2.34. The van der Waals surface area contributed by atoms with Gasteiger partial charge < -0.3 is 0 Å². The van der Waals surface area contributed by atoms with Crippen molar-refractivity contribution in [2.24, 2.45) is 5.73 Å². The molecule has 30 valence electrons. The van der Waals surface area contributed by atoms with Gasteiger partial charge in [0.15, 0.2) is 0 Å². The van der Waals surface area contributed by atoms with E-state index in [1.165, 1.54) is 0 Å². The van der Waals surface area contributed by atoms with Crippen molar-refractivity contribution in [3.8, 4) is 0 Å². The van der Waals surface area contributed by atoms with E-state index < -0.39 is 6.09 Å². The third-order valence-corrected chi connectivity index (χ3v) is 0.604. The number of nitrogens with two attached hydrogens (primary N) is 1. The van der Waals surface area contributed by atoms with Gasteiger partial charge in [-0.05, 0) is 0 Å². The fourth-order valence-electron chi connectivity index (χ4n) is 0. The second-order valence-electron chi connectivity index (χ2n) is 0.410. The summed E-state index contributed by atoms with van der Waals surface area (Å²) in [6.07, 6.45) is -0.723. The molecule has 0 radical (unpaired) electrons. The van der Waals surface area contributed by atoms with Crippen LogP contribution in [0.15, 0.2) is 0 Å². The van der Waals surface area contributed by atoms with Gasteiger partial charge in [-0.15, -0.1) is 0 Å². The van der Waals surface area contributed by atoms with Gasteiger partial charge in [-0.2, -0.15) is 0 Å². The van der Waals surface area contributed by atoms with E-state index in [2.05, 4.69) is 8.83 Å². The van der Waals surface area contributed by atoms with E-state index in [4.69, 9.17) is 0 Å². The molecule has 0 aromatic rings. The first-order chi connectivity index (χ1) is 2.27. The number of carbonyl (C=O) groups excluding carboxylic acids is 1. The summed E-state index contributed by atoms with van der Waals surface area (Å²) in [6.45, 7) is 0. The molecule has 0 aliphatic rings. The molecule has 0 fully saturated rings. The first-order valence-electron chi connectivity index (χ1n) is 0.879. The molecule has 0 aliphatic heterocycles. The van der Waals surface area contributed by atoms with E-state index in [9.17, 15) is 4.79 Å². The van der Waals surface area contributed by atoms with E-state index in [0.29, 0.717) is 0 Å². The van der Waals surface area contributed by atoms with Crippen LogP contribution < -0.4 is 5.73 Å². The third kappa shape index (κ3) is 4.06. The molecule has 3 nitrogen and oxygen atoms in total. The second kappa shape index (κ2) is 2.31. The van der Waals surface area contributed by atoms with Gasteiger partial charge in [0.25, 0.3) is 0 Å². The SMILES string of the molecule is NC(=O)O[TeH]. The molecular weight excluding hydrogens is 186 g/mol. The Kier molecular flexibility index (Phi) is 2.33. The van der Waals surface area contributed by atoms with Crippen molar-refractivity contribution in [1.82, 2.24) is 0 Å². The van der Waals surface area contributed by atoms with Crippen molar-refractivity contribution < 1.29 is 7.90 Å². The molecule has 0 aromatic heterocycles. The summed E-state index contributed by atoms with van der Waals surface area (Å²) in [5, 5.41) is 0. The molecule has 0 heterocycles. The first-order valence-corrected chi connectivity index (χ1v) is 1.92. The number of carbonyl (C=O) groups is 1. The minimum atomic E-state index is -0.723. The van der Waals surface area contributed by atoms with Crippen molar-refractivity contribution in [2.75, 3.05) is 0 Å². The number of rotatable bonds is 0. The molecule has 0 saturated heterocycles. The Morgan fingerprint density at radius 2 is 2.20 bits per heavy atom. The van der Waals surface area contributed by atoms with Crippen LogP contribution in [0.2, 0.25) is 0 Å². The average molecular weight is 189 g/mol. The summed E-state index contributed by atoms with van der Waals surface area (Å²) < 4.78 is 3.94. The van der Waals surface area contributed by atoms with Crippen LogP contribution in [0.1, 0.15) is 0 Å². The molecule has 2 N–H and O–H groups in total. The Balaban J connectivity index is 2.85. The molecule has 0 rings (SSSR count). The molecule has 1 amide bonds. The predicted molar refractivity (Wildman–Crippen MR) is 17.8 cm³/mol. The Morgan fingerprint density at radius 1 is 2.00 bits per heavy atom. The summed E-state index contributed by atoms with van der Waals surface area (Å²) in [6, 6.07) is 0. The summed E-state index contributed by atoms with van der Waals surface area (Å²) in [5.74, 6) is 0. The van der Waals surface area contributed by atoms with Gasteiger partial charge in [0.05, 0.1) is 0 Å². The minimum absolute atomic E-state index is 0.723. The molecule has 0 aliphatic carbocycles. The number of primary amides is 1. The van der Waals surface area contributed by atoms with Gasteiger partial charge in [-0.1, -0.05) is 0 Å². The maximum absolute atomic E-state index is 9.38. The third-order valence-electron chi connectivity index (χ3n) is 0.0900. The molecular formula is CH3NO2Te. The van der Waals surface area contributed by atoms with E-state index >= 15 is 0 Å². The average Bonchev–Trinajstić information content (AvgIpc) is 1.38. The zero-order valence-corrected chi connectivity index (χ0v) is 4.89. The summed E-state index contributed by atoms with van der Waals surface area (Å²) >= 11 is 0.927. The normalized spacial score (nSPS) is 6.60. The molecule has 0 atom stereocenters. The second-order valence-corrected chi connectivity index (χ2v) is 0.931. The van der Waals surface area contributed by atoms with Crippen molar-refractivity contribution in [2.45, 2.75) is 0 Å². The van der Waals surface area contributed by atoms with Crippen molar-refractivity contribution in [3.63, 3.8) is 0 Å². The van der Waals surface area contributed by atoms with Crippen LogP contribution in [0.4, 0.5) is 4.79 Å². The van der Waals surface area contributed by atoms with Gasteiger partial charge in [-0.3, -0.25) is 0 Å².